The van der Waals surface area contributed by atoms with E-state index in [0.29, 0.717) is 40.7 Å². The van der Waals surface area contributed by atoms with Crippen molar-refractivity contribution < 1.29 is 14.0 Å². The third-order valence-corrected chi connectivity index (χ3v) is 5.24. The molecule has 4 rings (SSSR count). The minimum Gasteiger partial charge on any atom is -0.467 e. The molecule has 1 aromatic heterocycles. The third-order valence-electron chi connectivity index (χ3n) is 4.99. The van der Waals surface area contributed by atoms with E-state index >= 15 is 0 Å². The first-order valence-electron chi connectivity index (χ1n) is 8.87. The molecule has 0 radical (unpaired) electrons. The van der Waals surface area contributed by atoms with Gasteiger partial charge in [0.1, 0.15) is 11.5 Å². The van der Waals surface area contributed by atoms with Crippen LogP contribution < -0.4 is 0 Å². The highest BCUT2D eigenvalue weighted by Gasteiger charge is 2.42. The molecular formula is C20H20ClN3O3. The molecule has 2 aliphatic heterocycles. The molecule has 0 saturated carbocycles. The largest absolute Gasteiger partial charge is 0.467 e. The lowest BCUT2D eigenvalue weighted by Gasteiger charge is -2.34. The highest BCUT2D eigenvalue weighted by Crippen LogP contribution is 2.33. The number of nitrogens with zero attached hydrogens (tertiary/aromatic N) is 3. The molecule has 0 bridgehead atoms. The predicted molar refractivity (Wildman–Crippen MR) is 102 cm³/mol. The summed E-state index contributed by atoms with van der Waals surface area (Å²) in [5.74, 6) is 0.00494. The standard InChI is InChI=1S/C20H20ClN3O3/c1-22-8-10-23(11-9-22)18-17(14-4-6-15(21)7-5-14)19(25)24(20(18)26)13-16-3-2-12-27-16/h2-7,12H,8-11,13H2,1H3. The molecule has 1 fully saturated rings. The normalized spacial score (nSPS) is 18.7. The molecule has 0 spiro atoms. The zero-order valence-electron chi connectivity index (χ0n) is 15.0. The van der Waals surface area contributed by atoms with Gasteiger partial charge >= 0.3 is 0 Å². The highest BCUT2D eigenvalue weighted by atomic mass is 35.5. The molecule has 6 nitrogen and oxygen atoms in total. The van der Waals surface area contributed by atoms with Crippen LogP contribution in [0, 0.1) is 0 Å². The number of amides is 2. The van der Waals surface area contributed by atoms with Gasteiger partial charge in [-0.15, -0.1) is 0 Å². The Bertz CT molecular complexity index is 882. The van der Waals surface area contributed by atoms with E-state index < -0.39 is 0 Å². The van der Waals surface area contributed by atoms with Crippen LogP contribution in [0.5, 0.6) is 0 Å². The van der Waals surface area contributed by atoms with Gasteiger partial charge < -0.3 is 14.2 Å². The summed E-state index contributed by atoms with van der Waals surface area (Å²) in [6.07, 6.45) is 1.54. The number of hydrogen-bond donors (Lipinski definition) is 0. The molecule has 1 saturated heterocycles. The van der Waals surface area contributed by atoms with Crippen LogP contribution in [-0.2, 0) is 16.1 Å². The number of furan rings is 1. The Balaban J connectivity index is 1.73. The summed E-state index contributed by atoms with van der Waals surface area (Å²) in [4.78, 5) is 31.9. The second kappa shape index (κ2) is 7.21. The Hall–Kier alpha value is -2.57. The van der Waals surface area contributed by atoms with Crippen molar-refractivity contribution in [2.45, 2.75) is 6.54 Å². The summed E-state index contributed by atoms with van der Waals surface area (Å²) in [5.41, 5.74) is 1.61. The SMILES string of the molecule is CN1CCN(C2=C(c3ccc(Cl)cc3)C(=O)N(Cc3ccco3)C2=O)CC1. The molecule has 27 heavy (non-hydrogen) atoms. The quantitative estimate of drug-likeness (QED) is 0.757. The lowest BCUT2D eigenvalue weighted by molar-refractivity contribution is -0.138. The molecule has 7 heteroatoms. The van der Waals surface area contributed by atoms with Gasteiger partial charge in [-0.05, 0) is 36.9 Å². The van der Waals surface area contributed by atoms with Crippen LogP contribution >= 0.6 is 11.6 Å². The van der Waals surface area contributed by atoms with Crippen molar-refractivity contribution >= 4 is 29.0 Å². The molecule has 0 atom stereocenters. The fourth-order valence-electron chi connectivity index (χ4n) is 3.47. The van der Waals surface area contributed by atoms with Crippen molar-refractivity contribution in [2.24, 2.45) is 0 Å². The lowest BCUT2D eigenvalue weighted by atomic mass is 10.0. The van der Waals surface area contributed by atoms with E-state index in [-0.39, 0.29) is 18.4 Å². The third kappa shape index (κ3) is 3.38. The number of hydrogen-bond acceptors (Lipinski definition) is 5. The molecule has 2 aliphatic rings. The zero-order chi connectivity index (χ0) is 19.0. The second-order valence-corrected chi connectivity index (χ2v) is 7.23. The van der Waals surface area contributed by atoms with Crippen molar-refractivity contribution in [3.05, 3.63) is 64.7 Å². The van der Waals surface area contributed by atoms with E-state index in [1.165, 1.54) is 11.2 Å². The summed E-state index contributed by atoms with van der Waals surface area (Å²) in [6.45, 7) is 3.22. The minimum atomic E-state index is -0.298. The van der Waals surface area contributed by atoms with Gasteiger partial charge in [0.25, 0.3) is 11.8 Å². The summed E-state index contributed by atoms with van der Waals surface area (Å²) >= 11 is 6.00. The van der Waals surface area contributed by atoms with Crippen LogP contribution in [0.3, 0.4) is 0 Å². The Morgan fingerprint density at radius 1 is 1.00 bits per heavy atom. The topological polar surface area (TPSA) is 57.0 Å². The average Bonchev–Trinajstić information content (AvgIpc) is 3.26. The summed E-state index contributed by atoms with van der Waals surface area (Å²) < 4.78 is 5.34. The van der Waals surface area contributed by atoms with E-state index in [9.17, 15) is 9.59 Å². The molecular weight excluding hydrogens is 366 g/mol. The first-order valence-corrected chi connectivity index (χ1v) is 9.24. The van der Waals surface area contributed by atoms with E-state index in [1.807, 2.05) is 4.90 Å². The fraction of sp³-hybridized carbons (Fsp3) is 0.300. The molecule has 0 unspecified atom stereocenters. The van der Waals surface area contributed by atoms with Crippen molar-refractivity contribution in [3.63, 3.8) is 0 Å². The molecule has 0 N–H and O–H groups in total. The molecule has 2 amide bonds. The summed E-state index contributed by atoms with van der Waals surface area (Å²) in [7, 11) is 2.05. The number of piperazine rings is 1. The summed E-state index contributed by atoms with van der Waals surface area (Å²) in [6, 6.07) is 10.5. The lowest BCUT2D eigenvalue weighted by Crippen LogP contribution is -2.45. The smallest absolute Gasteiger partial charge is 0.278 e. The van der Waals surface area contributed by atoms with Crippen molar-refractivity contribution in [1.82, 2.24) is 14.7 Å². The van der Waals surface area contributed by atoms with Gasteiger partial charge in [-0.1, -0.05) is 23.7 Å². The number of halogens is 1. The van der Waals surface area contributed by atoms with E-state index in [0.717, 1.165) is 13.1 Å². The molecule has 2 aromatic rings. The van der Waals surface area contributed by atoms with Gasteiger partial charge in [0.05, 0.1) is 18.4 Å². The highest BCUT2D eigenvalue weighted by molar-refractivity contribution is 6.35. The van der Waals surface area contributed by atoms with Crippen LogP contribution in [0.4, 0.5) is 0 Å². The van der Waals surface area contributed by atoms with E-state index in [1.54, 1.807) is 36.4 Å². The maximum atomic E-state index is 13.2. The van der Waals surface area contributed by atoms with Crippen LogP contribution in [0.1, 0.15) is 11.3 Å². The Morgan fingerprint density at radius 3 is 2.33 bits per heavy atom. The van der Waals surface area contributed by atoms with Crippen LogP contribution in [0.2, 0.25) is 5.02 Å². The average molecular weight is 386 g/mol. The monoisotopic (exact) mass is 385 g/mol. The van der Waals surface area contributed by atoms with Crippen molar-refractivity contribution in [2.75, 3.05) is 33.2 Å². The zero-order valence-corrected chi connectivity index (χ0v) is 15.8. The van der Waals surface area contributed by atoms with Crippen LogP contribution in [-0.4, -0.2) is 59.7 Å². The van der Waals surface area contributed by atoms with Gasteiger partial charge in [0.2, 0.25) is 0 Å². The number of benzene rings is 1. The van der Waals surface area contributed by atoms with E-state index in [2.05, 4.69) is 11.9 Å². The van der Waals surface area contributed by atoms with Gasteiger partial charge in [-0.2, -0.15) is 0 Å². The van der Waals surface area contributed by atoms with Crippen molar-refractivity contribution in [3.8, 4) is 0 Å². The Morgan fingerprint density at radius 2 is 1.70 bits per heavy atom. The molecule has 1 aromatic carbocycles. The van der Waals surface area contributed by atoms with Crippen LogP contribution in [0.25, 0.3) is 5.57 Å². The number of carbonyl (C=O) groups is 2. The van der Waals surface area contributed by atoms with Gasteiger partial charge in [-0.25, -0.2) is 0 Å². The number of likely N-dealkylation sites (N-methyl/N-ethyl adjacent to an activating group) is 1. The maximum Gasteiger partial charge on any atom is 0.278 e. The molecule has 3 heterocycles. The van der Waals surface area contributed by atoms with E-state index in [4.69, 9.17) is 16.0 Å². The number of rotatable bonds is 4. The Labute approximate surface area is 162 Å². The maximum absolute atomic E-state index is 13.2. The van der Waals surface area contributed by atoms with Crippen molar-refractivity contribution in [1.29, 1.82) is 0 Å². The Kier molecular flexibility index (Phi) is 4.76. The number of carbonyl (C=O) groups excluding carboxylic acids is 2. The second-order valence-electron chi connectivity index (χ2n) is 6.80. The predicted octanol–water partition coefficient (Wildman–Crippen LogP) is 2.46. The van der Waals surface area contributed by atoms with Gasteiger partial charge in [0, 0.05) is 31.2 Å². The first kappa shape index (κ1) is 17.8. The van der Waals surface area contributed by atoms with Gasteiger partial charge in [0.15, 0.2) is 0 Å². The van der Waals surface area contributed by atoms with Crippen LogP contribution in [0.15, 0.2) is 52.8 Å². The molecule has 0 aliphatic carbocycles. The summed E-state index contributed by atoms with van der Waals surface area (Å²) in [5, 5.41) is 0.588. The number of imide groups is 1. The van der Waals surface area contributed by atoms with Gasteiger partial charge in [-0.3, -0.25) is 14.5 Å². The molecule has 140 valence electrons. The first-order chi connectivity index (χ1) is 13.0. The fourth-order valence-corrected chi connectivity index (χ4v) is 3.59. The minimum absolute atomic E-state index is 0.124.